The molecule has 0 unspecified atom stereocenters. The third-order valence-corrected chi connectivity index (χ3v) is 12.0. The van der Waals surface area contributed by atoms with Gasteiger partial charge in [-0.3, -0.25) is 0 Å². The van der Waals surface area contributed by atoms with Gasteiger partial charge in [0.1, 0.15) is 74.1 Å². The largest absolute Gasteiger partial charge is 0.491 e. The van der Waals surface area contributed by atoms with Crippen LogP contribution in [-0.4, -0.2) is 63.1 Å². The molecule has 2 N–H and O–H groups in total. The first-order valence-electron chi connectivity index (χ1n) is 22.9. The summed E-state index contributed by atoms with van der Waals surface area (Å²) in [4.78, 5) is 0. The van der Waals surface area contributed by atoms with E-state index in [1.54, 1.807) is 0 Å². The van der Waals surface area contributed by atoms with Crippen molar-refractivity contribution < 1.29 is 38.6 Å². The van der Waals surface area contributed by atoms with Crippen LogP contribution >= 0.6 is 0 Å². The van der Waals surface area contributed by atoms with Crippen LogP contribution in [0.1, 0.15) is 0 Å². The van der Waals surface area contributed by atoms with Crippen LogP contribution in [-0.2, 0) is 0 Å². The molecule has 0 fully saturated rings. The summed E-state index contributed by atoms with van der Waals surface area (Å²) in [6.07, 6.45) is 0. The van der Waals surface area contributed by atoms with Gasteiger partial charge in [-0.05, 0) is 103 Å². The lowest BCUT2D eigenvalue weighted by Crippen LogP contribution is -2.10. The van der Waals surface area contributed by atoms with Gasteiger partial charge in [-0.1, -0.05) is 146 Å². The van der Waals surface area contributed by atoms with Crippen molar-refractivity contribution in [2.45, 2.75) is 0 Å². The first-order chi connectivity index (χ1) is 33.7. The van der Waals surface area contributed by atoms with Gasteiger partial charge in [0.2, 0.25) is 0 Å². The molecule has 0 aliphatic heterocycles. The fourth-order valence-electron chi connectivity index (χ4n) is 8.94. The van der Waals surface area contributed by atoms with Crippen molar-refractivity contribution in [3.63, 3.8) is 0 Å². The van der Waals surface area contributed by atoms with Crippen LogP contribution in [0.25, 0.3) is 76.5 Å². The lowest BCUT2D eigenvalue weighted by atomic mass is 9.92. The second kappa shape index (κ2) is 20.6. The molecule has 10 aromatic rings. The van der Waals surface area contributed by atoms with Crippen LogP contribution in [0.3, 0.4) is 0 Å². The summed E-state index contributed by atoms with van der Waals surface area (Å²) in [5.74, 6) is 4.32. The highest BCUT2D eigenvalue weighted by Crippen LogP contribution is 2.47. The Kier molecular flexibility index (Phi) is 13.3. The Morgan fingerprint density at radius 3 is 0.809 bits per heavy atom. The molecule has 0 amide bonds. The molecule has 68 heavy (non-hydrogen) atoms. The summed E-state index contributed by atoms with van der Waals surface area (Å²) in [6.45, 7) is 1.54. The summed E-state index contributed by atoms with van der Waals surface area (Å²) >= 11 is 0. The van der Waals surface area contributed by atoms with Crippen molar-refractivity contribution in [2.24, 2.45) is 0 Å². The fourth-order valence-corrected chi connectivity index (χ4v) is 8.94. The van der Waals surface area contributed by atoms with Gasteiger partial charge < -0.3 is 38.6 Å². The molecule has 338 valence electrons. The Morgan fingerprint density at radius 2 is 0.515 bits per heavy atom. The van der Waals surface area contributed by atoms with Crippen molar-refractivity contribution in [3.8, 4) is 67.9 Å². The number of rotatable bonds is 19. The molecule has 8 nitrogen and oxygen atoms in total. The Morgan fingerprint density at radius 1 is 0.250 bits per heavy atom. The van der Waals surface area contributed by atoms with Crippen LogP contribution in [0.2, 0.25) is 0 Å². The second-order valence-electron chi connectivity index (χ2n) is 16.2. The number of fused-ring (bicyclic) bond motifs is 4. The first-order valence-corrected chi connectivity index (χ1v) is 22.9. The van der Waals surface area contributed by atoms with E-state index < -0.39 is 0 Å². The monoisotopic (exact) mass is 898 g/mol. The zero-order valence-electron chi connectivity index (χ0n) is 37.5. The molecular formula is C60H50O8. The maximum Gasteiger partial charge on any atom is 0.128 e. The van der Waals surface area contributed by atoms with Gasteiger partial charge in [0.05, 0.1) is 13.2 Å². The van der Waals surface area contributed by atoms with E-state index in [1.165, 1.54) is 0 Å². The van der Waals surface area contributed by atoms with E-state index in [0.717, 1.165) is 99.5 Å². The normalized spacial score (nSPS) is 11.3. The molecule has 0 heterocycles. The Balaban J connectivity index is 0.779. The highest BCUT2D eigenvalue weighted by Gasteiger charge is 2.21. The number of hydrogen-bond acceptors (Lipinski definition) is 8. The molecule has 0 aliphatic carbocycles. The molecule has 8 heteroatoms. The van der Waals surface area contributed by atoms with E-state index in [4.69, 9.17) is 28.4 Å². The SMILES string of the molecule is OCCOc1ccc2ccccc2c1-c1c(OCCOc2ccc(-c3ccc(OCCOc4ccc5ccccc5c4-c4c(OCCO)ccc5ccccc45)cc3)cc2)ccc2ccccc12. The van der Waals surface area contributed by atoms with Gasteiger partial charge in [0.15, 0.2) is 0 Å². The number of ether oxygens (including phenoxy) is 6. The summed E-state index contributed by atoms with van der Waals surface area (Å²) in [7, 11) is 0. The molecule has 0 spiro atoms. The maximum absolute atomic E-state index is 9.62. The average Bonchev–Trinajstić information content (AvgIpc) is 3.40. The van der Waals surface area contributed by atoms with Crippen LogP contribution in [0, 0.1) is 0 Å². The van der Waals surface area contributed by atoms with Crippen molar-refractivity contribution in [3.05, 3.63) is 194 Å². The van der Waals surface area contributed by atoms with E-state index in [9.17, 15) is 10.2 Å². The van der Waals surface area contributed by atoms with Crippen LogP contribution < -0.4 is 28.4 Å². The average molecular weight is 899 g/mol. The van der Waals surface area contributed by atoms with E-state index in [0.29, 0.717) is 37.9 Å². The Hall–Kier alpha value is -8.04. The van der Waals surface area contributed by atoms with Crippen molar-refractivity contribution in [2.75, 3.05) is 52.9 Å². The predicted molar refractivity (Wildman–Crippen MR) is 273 cm³/mol. The number of aliphatic hydroxyl groups is 2. The van der Waals surface area contributed by atoms with Gasteiger partial charge in [-0.2, -0.15) is 0 Å². The Labute approximate surface area is 395 Å². The van der Waals surface area contributed by atoms with Crippen molar-refractivity contribution in [1.29, 1.82) is 0 Å². The van der Waals surface area contributed by atoms with E-state index >= 15 is 0 Å². The van der Waals surface area contributed by atoms with Crippen molar-refractivity contribution in [1.82, 2.24) is 0 Å². The van der Waals surface area contributed by atoms with Crippen LogP contribution in [0.4, 0.5) is 0 Å². The van der Waals surface area contributed by atoms with Gasteiger partial charge in [0, 0.05) is 22.3 Å². The second-order valence-corrected chi connectivity index (χ2v) is 16.2. The predicted octanol–water partition coefficient (Wildman–Crippen LogP) is 13.0. The van der Waals surface area contributed by atoms with Gasteiger partial charge >= 0.3 is 0 Å². The summed E-state index contributed by atoms with van der Waals surface area (Å²) in [6, 6.07) is 65.3. The topological polar surface area (TPSA) is 95.8 Å². The zero-order chi connectivity index (χ0) is 46.1. The van der Waals surface area contributed by atoms with Gasteiger partial charge in [0.25, 0.3) is 0 Å². The molecule has 0 atom stereocenters. The van der Waals surface area contributed by atoms with Gasteiger partial charge in [-0.25, -0.2) is 0 Å². The van der Waals surface area contributed by atoms with Crippen LogP contribution in [0.15, 0.2) is 194 Å². The lowest BCUT2D eigenvalue weighted by Gasteiger charge is -2.19. The molecule has 0 saturated heterocycles. The molecular weight excluding hydrogens is 849 g/mol. The smallest absolute Gasteiger partial charge is 0.128 e. The number of benzene rings is 10. The summed E-state index contributed by atoms with van der Waals surface area (Å²) in [5.41, 5.74) is 5.85. The molecule has 0 radical (unpaired) electrons. The van der Waals surface area contributed by atoms with Gasteiger partial charge in [-0.15, -0.1) is 0 Å². The molecule has 0 aliphatic rings. The fraction of sp³-hybridized carbons (Fsp3) is 0.133. The Bertz CT molecular complexity index is 3100. The first kappa shape index (κ1) is 43.8. The minimum absolute atomic E-state index is 0.0854. The molecule has 0 bridgehead atoms. The van der Waals surface area contributed by atoms with Crippen molar-refractivity contribution >= 4 is 43.1 Å². The minimum Gasteiger partial charge on any atom is -0.491 e. The molecule has 10 rings (SSSR count). The quantitative estimate of drug-likeness (QED) is 0.0775. The molecule has 0 saturated carbocycles. The minimum atomic E-state index is -0.0854. The van der Waals surface area contributed by atoms with Crippen LogP contribution in [0.5, 0.6) is 34.5 Å². The standard InChI is InChI=1S/C60H50O8/c61-33-35-65-53-29-21-43-9-1-5-13-49(43)57(53)59-51-15-7-3-11-45(51)23-31-55(59)67-39-37-63-47-25-17-41(18-26-47)42-19-27-48(28-20-42)64-38-40-68-56-32-24-46-12-4-8-16-52(46)60(56)58-50-14-6-2-10-44(50)22-30-54(58)66-36-34-62/h1-32,61-62H,33-40H2. The third-order valence-electron chi connectivity index (χ3n) is 12.0. The summed E-state index contributed by atoms with van der Waals surface area (Å²) in [5, 5.41) is 27.8. The highest BCUT2D eigenvalue weighted by atomic mass is 16.5. The van der Waals surface area contributed by atoms with E-state index in [2.05, 4.69) is 60.7 Å². The lowest BCUT2D eigenvalue weighted by molar-refractivity contribution is 0.202. The summed E-state index contributed by atoms with van der Waals surface area (Å²) < 4.78 is 37.6. The number of hydrogen-bond donors (Lipinski definition) is 2. The number of aliphatic hydroxyl groups excluding tert-OH is 2. The third kappa shape index (κ3) is 9.33. The maximum atomic E-state index is 9.62. The molecule has 0 aromatic heterocycles. The molecule has 10 aromatic carbocycles. The van der Waals surface area contributed by atoms with E-state index in [-0.39, 0.29) is 26.4 Å². The highest BCUT2D eigenvalue weighted by molar-refractivity contribution is 6.11. The van der Waals surface area contributed by atoms with E-state index in [1.807, 2.05) is 133 Å². The zero-order valence-corrected chi connectivity index (χ0v) is 37.5.